The SMILES string of the molecule is CCN1C(=CC=CC=CC2=[N+](CCCCCC(=O)O)c3ccc(SOO[O-])cc3C2(C)C)C(C)(CCOCCOCCOCCOCCOCCOCCOCCOCCOCCOCCOC)c2cc(S(=O)(=O)[O-])ccc21.CC[NH+](CC)CC. The maximum Gasteiger partial charge on any atom is 0.303 e. The summed E-state index contributed by atoms with van der Waals surface area (Å²) in [5, 5.41) is 23.3. The number of carboxylic acid groups (broad SMARTS) is 1. The Morgan fingerprint density at radius 1 is 0.647 bits per heavy atom. The number of fused-ring (bicyclic) bond motifs is 2. The van der Waals surface area contributed by atoms with E-state index in [-0.39, 0.29) is 11.3 Å². The zero-order chi connectivity index (χ0) is 62.0. The van der Waals surface area contributed by atoms with E-state index in [1.165, 1.54) is 31.8 Å². The minimum absolute atomic E-state index is 0.123. The first kappa shape index (κ1) is 75.5. The third-order valence-corrected chi connectivity index (χ3v) is 15.8. The molecule has 0 fully saturated rings. The molecule has 0 radical (unpaired) electrons. The molecule has 85 heavy (non-hydrogen) atoms. The summed E-state index contributed by atoms with van der Waals surface area (Å²) in [6.45, 7) is 29.6. The number of likely N-dealkylation sites (N-methyl/N-ethyl adjacent to an activating group) is 1. The van der Waals surface area contributed by atoms with Crippen LogP contribution in [0.4, 0.5) is 11.4 Å². The van der Waals surface area contributed by atoms with Crippen LogP contribution in [0.2, 0.25) is 0 Å². The second kappa shape index (κ2) is 44.7. The lowest BCUT2D eigenvalue weighted by Gasteiger charge is -2.30. The number of hydrogen-bond donors (Lipinski definition) is 2. The number of quaternary nitrogens is 1. The number of rotatable bonds is 50. The van der Waals surface area contributed by atoms with Crippen molar-refractivity contribution in [1.29, 1.82) is 0 Å². The molecule has 0 saturated heterocycles. The van der Waals surface area contributed by atoms with Crippen molar-refractivity contribution in [3.63, 3.8) is 0 Å². The Labute approximate surface area is 510 Å². The van der Waals surface area contributed by atoms with Gasteiger partial charge in [0, 0.05) is 72.5 Å². The largest absolute Gasteiger partial charge is 0.744 e. The highest BCUT2D eigenvalue weighted by Gasteiger charge is 2.45. The number of nitrogens with zero attached hydrogens (tertiary/aromatic N) is 2. The number of ether oxygens (including phenoxy) is 11. The number of unbranched alkanes of at least 4 members (excludes halogenated alkanes) is 2. The molecule has 2 N–H and O–H groups in total. The van der Waals surface area contributed by atoms with Gasteiger partial charge in [-0.1, -0.05) is 18.2 Å². The number of anilines is 1. The Bertz CT molecular complexity index is 2380. The van der Waals surface area contributed by atoms with Crippen molar-refractivity contribution >= 4 is 45.2 Å². The molecule has 0 aliphatic carbocycles. The standard InChI is InChI=1S/C55H84N2O19S2.C6H15N/c1-6-56-50-19-17-46(78(61,62)63)44-48(50)55(4,52(56)14-10-7-9-13-51-54(2,3)47-43-45(77-76-75-60)16-18-49(47)57(51)21-12-8-11-15-53(58)59)20-22-65-25-26-67-29-30-69-33-34-71-37-38-73-41-42-74-40-39-72-36-35-70-32-31-68-28-27-66-24-23-64-5;1-4-7(5-2)6-3/h7,9-10,13-14,16-19,43-44H,6,8,11-12,15,20-42H2,1-5H3,(H2-,58,59,60,61,62,63);4-6H2,1-3H3. The molecule has 2 aromatic carbocycles. The number of methoxy groups -OCH3 is 1. The molecule has 0 amide bonds. The van der Waals surface area contributed by atoms with Crippen LogP contribution in [0.25, 0.3) is 0 Å². The number of hydrogen-bond acceptors (Lipinski definition) is 20. The fourth-order valence-corrected chi connectivity index (χ4v) is 10.5. The molecule has 0 saturated carbocycles. The van der Waals surface area contributed by atoms with Crippen molar-refractivity contribution in [2.75, 3.05) is 183 Å². The average Bonchev–Trinajstić information content (AvgIpc) is 1.68. The molecule has 2 heterocycles. The van der Waals surface area contributed by atoms with E-state index >= 15 is 0 Å². The van der Waals surface area contributed by atoms with Crippen LogP contribution >= 0.6 is 12.0 Å². The summed E-state index contributed by atoms with van der Waals surface area (Å²) in [7, 11) is -3.08. The highest BCUT2D eigenvalue weighted by molar-refractivity contribution is 7.94. The lowest BCUT2D eigenvalue weighted by molar-refractivity contribution is -0.894. The topological polar surface area (TPSA) is 248 Å². The van der Waals surface area contributed by atoms with E-state index in [2.05, 4.69) is 59.5 Å². The molecular formula is C61H99N3O19S2. The molecule has 2 aliphatic rings. The van der Waals surface area contributed by atoms with Gasteiger partial charge in [-0.3, -0.25) is 9.83 Å². The molecule has 0 spiro atoms. The summed E-state index contributed by atoms with van der Waals surface area (Å²) >= 11 is 0.836. The number of aliphatic carboxylic acids is 1. The van der Waals surface area contributed by atoms with Crippen LogP contribution in [0.15, 0.2) is 82.3 Å². The molecule has 1 unspecified atom stereocenters. The third-order valence-electron chi connectivity index (χ3n) is 14.4. The van der Waals surface area contributed by atoms with Crippen molar-refractivity contribution in [2.45, 2.75) is 101 Å². The van der Waals surface area contributed by atoms with Crippen molar-refractivity contribution in [3.05, 3.63) is 83.6 Å². The predicted octanol–water partition coefficient (Wildman–Crippen LogP) is 5.77. The molecule has 2 aromatic rings. The third kappa shape index (κ3) is 28.5. The number of benzene rings is 2. The Morgan fingerprint density at radius 3 is 1.58 bits per heavy atom. The van der Waals surface area contributed by atoms with Gasteiger partial charge in [-0.25, -0.2) is 8.42 Å². The van der Waals surface area contributed by atoms with E-state index in [0.29, 0.717) is 170 Å². The molecule has 22 nitrogen and oxygen atoms in total. The van der Waals surface area contributed by atoms with Gasteiger partial charge in [-0.2, -0.15) is 8.91 Å². The highest BCUT2D eigenvalue weighted by atomic mass is 32.2. The second-order valence-corrected chi connectivity index (χ2v) is 22.6. The summed E-state index contributed by atoms with van der Waals surface area (Å²) in [6, 6.07) is 10.4. The Morgan fingerprint density at radius 2 is 1.14 bits per heavy atom. The first-order chi connectivity index (χ1) is 41.1. The first-order valence-electron chi connectivity index (χ1n) is 29.8. The number of allylic oxidation sites excluding steroid dienone is 6. The summed E-state index contributed by atoms with van der Waals surface area (Å²) in [5.74, 6) is -0.809. The van der Waals surface area contributed by atoms with Crippen LogP contribution in [-0.4, -0.2) is 213 Å². The maximum absolute atomic E-state index is 12.2. The number of carbonyl (C=O) groups is 1. The first-order valence-corrected chi connectivity index (χ1v) is 32.0. The molecule has 0 bridgehead atoms. The lowest BCUT2D eigenvalue weighted by atomic mass is 9.78. The lowest BCUT2D eigenvalue weighted by Crippen LogP contribution is -3.11. The highest BCUT2D eigenvalue weighted by Crippen LogP contribution is 2.50. The summed E-state index contributed by atoms with van der Waals surface area (Å²) < 4.78 is 104. The predicted molar refractivity (Wildman–Crippen MR) is 322 cm³/mol. The Kier molecular flexibility index (Phi) is 39.7. The second-order valence-electron chi connectivity index (χ2n) is 20.4. The van der Waals surface area contributed by atoms with Gasteiger partial charge in [0.05, 0.1) is 174 Å². The maximum atomic E-state index is 12.2. The van der Waals surface area contributed by atoms with Gasteiger partial charge in [-0.15, -0.1) is 0 Å². The quantitative estimate of drug-likeness (QED) is 0.0152. The Hall–Kier alpha value is -3.74. The van der Waals surface area contributed by atoms with E-state index in [4.69, 9.17) is 57.2 Å². The molecule has 484 valence electrons. The van der Waals surface area contributed by atoms with Crippen molar-refractivity contribution < 1.29 is 99.1 Å². The van der Waals surface area contributed by atoms with Crippen molar-refractivity contribution in [2.24, 2.45) is 0 Å². The van der Waals surface area contributed by atoms with E-state index in [0.717, 1.165) is 58.8 Å². The van der Waals surface area contributed by atoms with Gasteiger partial charge in [0.15, 0.2) is 5.71 Å². The monoisotopic (exact) mass is 1240 g/mol. The van der Waals surface area contributed by atoms with Gasteiger partial charge in [-0.05, 0) is 110 Å². The zero-order valence-electron chi connectivity index (χ0n) is 51.8. The van der Waals surface area contributed by atoms with E-state index < -0.39 is 26.9 Å². The van der Waals surface area contributed by atoms with E-state index in [1.807, 2.05) is 56.4 Å². The summed E-state index contributed by atoms with van der Waals surface area (Å²) in [6.07, 6.45) is 12.7. The van der Waals surface area contributed by atoms with Gasteiger partial charge in [0.25, 0.3) is 0 Å². The van der Waals surface area contributed by atoms with Crippen LogP contribution in [0.3, 0.4) is 0 Å². The minimum Gasteiger partial charge on any atom is -0.744 e. The van der Waals surface area contributed by atoms with Crippen molar-refractivity contribution in [3.8, 4) is 0 Å². The molecule has 2 aliphatic heterocycles. The molecule has 24 heteroatoms. The van der Waals surface area contributed by atoms with Gasteiger partial charge in [0.1, 0.15) is 16.7 Å². The minimum atomic E-state index is -4.71. The van der Waals surface area contributed by atoms with Gasteiger partial charge in [0.2, 0.25) is 5.69 Å². The molecule has 1 atom stereocenters. The van der Waals surface area contributed by atoms with Crippen molar-refractivity contribution in [1.82, 2.24) is 0 Å². The smallest absolute Gasteiger partial charge is 0.303 e. The fourth-order valence-electron chi connectivity index (χ4n) is 9.62. The number of nitrogens with one attached hydrogen (secondary N) is 1. The van der Waals surface area contributed by atoms with Gasteiger partial charge < -0.3 is 76.8 Å². The molecule has 0 aromatic heterocycles. The van der Waals surface area contributed by atoms with Gasteiger partial charge >= 0.3 is 5.97 Å². The summed E-state index contributed by atoms with van der Waals surface area (Å²) in [4.78, 5) is 15.4. The fraction of sp³-hybridized carbons (Fsp3) is 0.672. The van der Waals surface area contributed by atoms with Crippen LogP contribution in [0.5, 0.6) is 0 Å². The Balaban J connectivity index is 0.00000253. The molecular weight excluding hydrogens is 1140 g/mol. The molecule has 4 rings (SSSR count). The van der Waals surface area contributed by atoms with E-state index in [1.54, 1.807) is 18.1 Å². The van der Waals surface area contributed by atoms with Crippen LogP contribution in [-0.2, 0) is 87.2 Å². The summed E-state index contributed by atoms with van der Waals surface area (Å²) in [5.41, 5.74) is 4.43. The zero-order valence-corrected chi connectivity index (χ0v) is 53.4. The van der Waals surface area contributed by atoms with Crippen LogP contribution in [0.1, 0.15) is 91.7 Å². The normalized spacial score (nSPS) is 16.2. The van der Waals surface area contributed by atoms with Crippen LogP contribution in [0, 0.1) is 0 Å². The average molecular weight is 1240 g/mol. The van der Waals surface area contributed by atoms with E-state index in [9.17, 15) is 23.0 Å². The number of carboxylic acids is 1. The van der Waals surface area contributed by atoms with Crippen LogP contribution < -0.4 is 15.1 Å².